The lowest BCUT2D eigenvalue weighted by Crippen LogP contribution is -2.14. The van der Waals surface area contributed by atoms with E-state index in [1.807, 2.05) is 0 Å². The summed E-state index contributed by atoms with van der Waals surface area (Å²) < 4.78 is 2.49. The van der Waals surface area contributed by atoms with Crippen molar-refractivity contribution in [3.63, 3.8) is 0 Å². The van der Waals surface area contributed by atoms with Crippen molar-refractivity contribution in [3.05, 3.63) is 199 Å². The maximum atomic E-state index is 2.49. The summed E-state index contributed by atoms with van der Waals surface area (Å²) in [7, 11) is 0. The van der Waals surface area contributed by atoms with Crippen molar-refractivity contribution in [1.29, 1.82) is 0 Å². The number of benzene rings is 10. The molecule has 1 aliphatic carbocycles. The fourth-order valence-electron chi connectivity index (χ4n) is 10.2. The maximum Gasteiger partial charge on any atom is 0.0584 e. The van der Waals surface area contributed by atoms with Crippen molar-refractivity contribution >= 4 is 54.0 Å². The van der Waals surface area contributed by atoms with Gasteiger partial charge < -0.3 is 4.57 Å². The van der Waals surface area contributed by atoms with Crippen LogP contribution in [0.15, 0.2) is 188 Å². The van der Waals surface area contributed by atoms with E-state index in [-0.39, 0.29) is 5.41 Å². The van der Waals surface area contributed by atoms with Crippen LogP contribution in [0.3, 0.4) is 0 Å². The van der Waals surface area contributed by atoms with Gasteiger partial charge in [0.15, 0.2) is 0 Å². The molecule has 0 radical (unpaired) electrons. The van der Waals surface area contributed by atoms with Crippen LogP contribution in [0.2, 0.25) is 0 Å². The number of rotatable bonds is 4. The fourth-order valence-corrected chi connectivity index (χ4v) is 10.2. The first-order valence-electron chi connectivity index (χ1n) is 19.7. The molecule has 1 aliphatic rings. The zero-order chi connectivity index (χ0) is 37.1. The van der Waals surface area contributed by atoms with E-state index in [1.165, 1.54) is 115 Å². The van der Waals surface area contributed by atoms with Crippen molar-refractivity contribution in [2.45, 2.75) is 19.3 Å². The highest BCUT2D eigenvalue weighted by atomic mass is 15.0. The van der Waals surface area contributed by atoms with Crippen LogP contribution in [0.4, 0.5) is 0 Å². The van der Waals surface area contributed by atoms with Gasteiger partial charge in [-0.2, -0.15) is 0 Å². The van der Waals surface area contributed by atoms with Gasteiger partial charge in [-0.25, -0.2) is 0 Å². The summed E-state index contributed by atoms with van der Waals surface area (Å²) in [5.41, 5.74) is 15.3. The van der Waals surface area contributed by atoms with Gasteiger partial charge in [0.1, 0.15) is 0 Å². The molecule has 10 aromatic carbocycles. The zero-order valence-electron chi connectivity index (χ0n) is 31.3. The van der Waals surface area contributed by atoms with Gasteiger partial charge in [-0.1, -0.05) is 178 Å². The van der Waals surface area contributed by atoms with Gasteiger partial charge in [0.05, 0.1) is 11.2 Å². The van der Waals surface area contributed by atoms with Crippen LogP contribution in [0, 0.1) is 0 Å². The quantitative estimate of drug-likeness (QED) is 0.160. The van der Waals surface area contributed by atoms with E-state index in [1.54, 1.807) is 0 Å². The molecule has 0 amide bonds. The first-order valence-corrected chi connectivity index (χ1v) is 19.7. The smallest absolute Gasteiger partial charge is 0.0584 e. The van der Waals surface area contributed by atoms with E-state index in [9.17, 15) is 0 Å². The molecule has 0 aliphatic heterocycles. The third-order valence-corrected chi connectivity index (χ3v) is 12.7. The van der Waals surface area contributed by atoms with Gasteiger partial charge in [0.25, 0.3) is 0 Å². The molecule has 0 N–H and O–H groups in total. The van der Waals surface area contributed by atoms with Gasteiger partial charge in [-0.15, -0.1) is 0 Å². The Kier molecular flexibility index (Phi) is 6.46. The minimum Gasteiger partial charge on any atom is -0.309 e. The molecule has 0 unspecified atom stereocenters. The second-order valence-corrected chi connectivity index (χ2v) is 16.0. The molecule has 0 saturated carbocycles. The normalized spacial score (nSPS) is 13.3. The van der Waals surface area contributed by atoms with Gasteiger partial charge in [-0.3, -0.25) is 0 Å². The van der Waals surface area contributed by atoms with Gasteiger partial charge in [0.2, 0.25) is 0 Å². The first-order chi connectivity index (χ1) is 27.5. The SMILES string of the molecule is CC1(C)c2ccccc2-c2c1c1cc(-c3ccc4ccc5c(-c6ccc(-c7cccc8ccccc78)cc6)ccc6ccc3c4c65)ccc1n2-c1ccccc1. The molecular weight excluding hydrogens is 675 g/mol. The molecular formula is C55H37N. The predicted molar refractivity (Wildman–Crippen MR) is 238 cm³/mol. The molecule has 12 rings (SSSR count). The van der Waals surface area contributed by atoms with Crippen LogP contribution in [0.1, 0.15) is 25.0 Å². The number of aromatic nitrogens is 1. The monoisotopic (exact) mass is 711 g/mol. The predicted octanol–water partition coefficient (Wildman–Crippen LogP) is 15.0. The van der Waals surface area contributed by atoms with Crippen LogP contribution in [0.5, 0.6) is 0 Å². The standard InChI is InChI=1S/C55H37N/c1-55(2)49-18-9-8-16-47(49)54-53(55)48-33-39(27-32-50(48)56(54)40-13-4-3-5-14-40)44-29-24-38-25-30-45-43(28-23-37-26-31-46(44)52(38)51(37)45)36-21-19-35(20-22-36)42-17-10-12-34-11-6-7-15-41(34)42/h3-33H,1-2H3. The fraction of sp³-hybridized carbons (Fsp3) is 0.0545. The molecule has 0 atom stereocenters. The average Bonchev–Trinajstić information content (AvgIpc) is 3.72. The summed E-state index contributed by atoms with van der Waals surface area (Å²) >= 11 is 0. The van der Waals surface area contributed by atoms with Crippen molar-refractivity contribution in [3.8, 4) is 50.3 Å². The first kappa shape index (κ1) is 31.4. The molecule has 1 aromatic heterocycles. The van der Waals surface area contributed by atoms with Gasteiger partial charge >= 0.3 is 0 Å². The minimum atomic E-state index is -0.130. The van der Waals surface area contributed by atoms with Crippen LogP contribution in [-0.2, 0) is 5.41 Å². The largest absolute Gasteiger partial charge is 0.309 e. The highest BCUT2D eigenvalue weighted by molar-refractivity contribution is 6.27. The van der Waals surface area contributed by atoms with Crippen LogP contribution < -0.4 is 0 Å². The van der Waals surface area contributed by atoms with Crippen molar-refractivity contribution in [2.24, 2.45) is 0 Å². The van der Waals surface area contributed by atoms with E-state index >= 15 is 0 Å². The third kappa shape index (κ3) is 4.31. The number of fused-ring (bicyclic) bond motifs is 6. The molecule has 56 heavy (non-hydrogen) atoms. The molecule has 11 aromatic rings. The number of hydrogen-bond donors (Lipinski definition) is 0. The Hall–Kier alpha value is -6.96. The van der Waals surface area contributed by atoms with E-state index < -0.39 is 0 Å². The summed E-state index contributed by atoms with van der Waals surface area (Å²) in [5, 5.41) is 11.7. The lowest BCUT2D eigenvalue weighted by molar-refractivity contribution is 0.666. The van der Waals surface area contributed by atoms with E-state index in [4.69, 9.17) is 0 Å². The lowest BCUT2D eigenvalue weighted by Gasteiger charge is -2.21. The highest BCUT2D eigenvalue weighted by Crippen LogP contribution is 2.54. The summed E-state index contributed by atoms with van der Waals surface area (Å²) in [6.45, 7) is 4.79. The van der Waals surface area contributed by atoms with Crippen LogP contribution >= 0.6 is 0 Å². The summed E-state index contributed by atoms with van der Waals surface area (Å²) in [5.74, 6) is 0. The Bertz CT molecular complexity index is 3360. The molecule has 262 valence electrons. The lowest BCUT2D eigenvalue weighted by atomic mass is 9.81. The van der Waals surface area contributed by atoms with Crippen molar-refractivity contribution in [1.82, 2.24) is 4.57 Å². The van der Waals surface area contributed by atoms with Crippen LogP contribution in [0.25, 0.3) is 104 Å². The molecule has 0 spiro atoms. The maximum absolute atomic E-state index is 2.49. The topological polar surface area (TPSA) is 4.93 Å². The Labute approximate surface area is 326 Å². The minimum absolute atomic E-state index is 0.130. The van der Waals surface area contributed by atoms with E-state index in [0.29, 0.717) is 0 Å². The Morgan fingerprint density at radius 3 is 1.66 bits per heavy atom. The number of hydrogen-bond acceptors (Lipinski definition) is 0. The molecule has 0 bridgehead atoms. The summed E-state index contributed by atoms with van der Waals surface area (Å²) in [6, 6.07) is 70.0. The second kappa shape index (κ2) is 11.5. The number of para-hydroxylation sites is 1. The zero-order valence-corrected chi connectivity index (χ0v) is 31.3. The van der Waals surface area contributed by atoms with Gasteiger partial charge in [-0.05, 0) is 112 Å². The summed E-state index contributed by atoms with van der Waals surface area (Å²) in [6.07, 6.45) is 0. The van der Waals surface area contributed by atoms with E-state index in [0.717, 1.165) is 0 Å². The summed E-state index contributed by atoms with van der Waals surface area (Å²) in [4.78, 5) is 0. The second-order valence-electron chi connectivity index (χ2n) is 16.0. The molecule has 1 heterocycles. The highest BCUT2D eigenvalue weighted by Gasteiger charge is 2.40. The number of nitrogens with zero attached hydrogens (tertiary/aromatic N) is 1. The van der Waals surface area contributed by atoms with Crippen molar-refractivity contribution in [2.75, 3.05) is 0 Å². The molecule has 1 nitrogen and oxygen atoms in total. The van der Waals surface area contributed by atoms with Crippen molar-refractivity contribution < 1.29 is 0 Å². The average molecular weight is 712 g/mol. The van der Waals surface area contributed by atoms with Gasteiger partial charge in [0, 0.05) is 22.1 Å². The molecule has 1 heteroatoms. The Morgan fingerprint density at radius 2 is 0.929 bits per heavy atom. The third-order valence-electron chi connectivity index (χ3n) is 12.7. The Morgan fingerprint density at radius 1 is 0.375 bits per heavy atom. The van der Waals surface area contributed by atoms with E-state index in [2.05, 4.69) is 206 Å². The Balaban J connectivity index is 1.03. The molecule has 0 saturated heterocycles. The molecule has 0 fully saturated rings. The van der Waals surface area contributed by atoms with Crippen LogP contribution in [-0.4, -0.2) is 4.57 Å².